The van der Waals surface area contributed by atoms with Gasteiger partial charge < -0.3 is 10.3 Å². The monoisotopic (exact) mass is 277 g/mol. The smallest absolute Gasteiger partial charge is 0.257 e. The summed E-state index contributed by atoms with van der Waals surface area (Å²) in [5.74, 6) is 3.94. The summed E-state index contributed by atoms with van der Waals surface area (Å²) in [6, 6.07) is 0.820. The number of carbonyl (C=O) groups is 3. The number of aromatic nitrogens is 1. The van der Waals surface area contributed by atoms with Crippen LogP contribution in [0.2, 0.25) is 0 Å². The summed E-state index contributed by atoms with van der Waals surface area (Å²) in [6.45, 7) is 1.62. The Balaban J connectivity index is 2.35. The van der Waals surface area contributed by atoms with Crippen molar-refractivity contribution in [3.63, 3.8) is 0 Å². The van der Waals surface area contributed by atoms with Gasteiger partial charge in [0.1, 0.15) is 12.6 Å². The molecule has 0 aliphatic carbocycles. The molecule has 3 amide bonds. The normalized spacial score (nSPS) is 18.7. The van der Waals surface area contributed by atoms with E-state index in [9.17, 15) is 14.4 Å². The predicted octanol–water partition coefficient (Wildman–Crippen LogP) is -0.756. The number of nitrogens with zero attached hydrogens (tertiary/aromatic N) is 2. The van der Waals surface area contributed by atoms with E-state index < -0.39 is 23.8 Å². The summed E-state index contributed by atoms with van der Waals surface area (Å²) in [4.78, 5) is 40.8. The largest absolute Gasteiger partial charge is 0.322 e. The van der Waals surface area contributed by atoms with E-state index in [1.54, 1.807) is 6.92 Å². The van der Waals surface area contributed by atoms with Crippen molar-refractivity contribution in [2.45, 2.75) is 19.4 Å². The zero-order chi connectivity index (χ0) is 14.7. The molecule has 0 radical (unpaired) electrons. The number of hydrogen-bond donors (Lipinski definition) is 3. The molecule has 106 valence electrons. The lowest BCUT2D eigenvalue weighted by Gasteiger charge is -2.33. The highest BCUT2D eigenvalue weighted by molar-refractivity contribution is 6.08. The predicted molar refractivity (Wildman–Crippen MR) is 70.3 cm³/mol. The van der Waals surface area contributed by atoms with Crippen LogP contribution in [0, 0.1) is 0 Å². The summed E-state index contributed by atoms with van der Waals surface area (Å²) in [5.41, 5.74) is 2.98. The van der Waals surface area contributed by atoms with Crippen molar-refractivity contribution in [3.05, 3.63) is 24.0 Å². The fourth-order valence-electron chi connectivity index (χ4n) is 2.14. The first kappa shape index (κ1) is 13.9. The number of carbonyl (C=O) groups excluding carboxylic acids is 3. The summed E-state index contributed by atoms with van der Waals surface area (Å²) < 4.78 is 0. The van der Waals surface area contributed by atoms with Crippen molar-refractivity contribution in [1.29, 1.82) is 0 Å². The van der Waals surface area contributed by atoms with Gasteiger partial charge in [-0.3, -0.25) is 30.5 Å². The molecule has 0 spiro atoms. The van der Waals surface area contributed by atoms with Crippen LogP contribution in [-0.2, 0) is 9.59 Å². The molecule has 1 aromatic heterocycles. The van der Waals surface area contributed by atoms with Gasteiger partial charge in [-0.25, -0.2) is 0 Å². The molecule has 8 nitrogen and oxygen atoms in total. The highest BCUT2D eigenvalue weighted by atomic mass is 16.2. The van der Waals surface area contributed by atoms with Gasteiger partial charge in [0.2, 0.25) is 11.8 Å². The number of nitrogens with one attached hydrogen (secondary N) is 2. The molecule has 0 saturated carbocycles. The lowest BCUT2D eigenvalue weighted by molar-refractivity contribution is -0.138. The molecule has 8 heteroatoms. The molecule has 20 heavy (non-hydrogen) atoms. The minimum atomic E-state index is -0.668. The van der Waals surface area contributed by atoms with E-state index in [1.165, 1.54) is 23.4 Å². The summed E-state index contributed by atoms with van der Waals surface area (Å²) in [7, 11) is 0. The summed E-state index contributed by atoms with van der Waals surface area (Å²) in [5, 5.41) is 2.22. The Bertz CT molecular complexity index is 560. The van der Waals surface area contributed by atoms with Crippen LogP contribution in [-0.4, -0.2) is 40.2 Å². The van der Waals surface area contributed by atoms with Crippen molar-refractivity contribution < 1.29 is 14.4 Å². The quantitative estimate of drug-likeness (QED) is 0.380. The molecule has 2 rings (SSSR count). The zero-order valence-corrected chi connectivity index (χ0v) is 10.9. The average Bonchev–Trinajstić information content (AvgIpc) is 2.45. The Morgan fingerprint density at radius 1 is 1.60 bits per heavy atom. The molecule has 4 N–H and O–H groups in total. The first-order valence-corrected chi connectivity index (χ1v) is 6.13. The van der Waals surface area contributed by atoms with Crippen molar-refractivity contribution in [2.75, 3.05) is 12.0 Å². The molecule has 1 saturated heterocycles. The van der Waals surface area contributed by atoms with Crippen LogP contribution in [0.4, 0.5) is 5.69 Å². The Hall–Kier alpha value is -2.48. The van der Waals surface area contributed by atoms with E-state index in [0.717, 1.165) is 0 Å². The van der Waals surface area contributed by atoms with E-state index in [0.29, 0.717) is 12.1 Å². The molecule has 0 aromatic carbocycles. The van der Waals surface area contributed by atoms with Gasteiger partial charge in [-0.05, 0) is 12.5 Å². The van der Waals surface area contributed by atoms with Gasteiger partial charge in [0, 0.05) is 6.20 Å². The number of pyridine rings is 1. The fourth-order valence-corrected chi connectivity index (χ4v) is 2.14. The number of anilines is 1. The molecule has 1 fully saturated rings. The van der Waals surface area contributed by atoms with Gasteiger partial charge in [0.05, 0.1) is 17.4 Å². The van der Waals surface area contributed by atoms with Gasteiger partial charge in [-0.15, -0.1) is 0 Å². The van der Waals surface area contributed by atoms with E-state index >= 15 is 0 Å². The number of piperazine rings is 1. The van der Waals surface area contributed by atoms with Crippen molar-refractivity contribution in [1.82, 2.24) is 15.2 Å². The van der Waals surface area contributed by atoms with Crippen LogP contribution in [0.1, 0.15) is 23.7 Å². The third-order valence-corrected chi connectivity index (χ3v) is 3.11. The van der Waals surface area contributed by atoms with Gasteiger partial charge >= 0.3 is 0 Å². The van der Waals surface area contributed by atoms with E-state index in [2.05, 4.69) is 15.7 Å². The van der Waals surface area contributed by atoms with Gasteiger partial charge in [0.15, 0.2) is 0 Å². The second-order valence-corrected chi connectivity index (χ2v) is 4.34. The molecule has 1 aromatic rings. The second-order valence-electron chi connectivity index (χ2n) is 4.34. The SMILES string of the molecule is CCC1C(=O)NC(=O)CN1C(=O)c1ccncc1NN. The van der Waals surface area contributed by atoms with Crippen LogP contribution < -0.4 is 16.6 Å². The molecule has 1 aliphatic heterocycles. The molecular formula is C12H15N5O3. The maximum absolute atomic E-state index is 12.5. The second kappa shape index (κ2) is 5.66. The number of imide groups is 1. The van der Waals surface area contributed by atoms with Gasteiger partial charge in [-0.1, -0.05) is 6.92 Å². The zero-order valence-electron chi connectivity index (χ0n) is 10.9. The number of hydrogen-bond acceptors (Lipinski definition) is 6. The molecular weight excluding hydrogens is 262 g/mol. The number of nitrogen functional groups attached to an aromatic ring is 1. The number of nitrogens with two attached hydrogens (primary N) is 1. The molecule has 1 aliphatic rings. The average molecular weight is 277 g/mol. The lowest BCUT2D eigenvalue weighted by atomic mass is 10.1. The Kier molecular flexibility index (Phi) is 3.94. The Labute approximate surface area is 115 Å². The molecule has 1 unspecified atom stereocenters. The number of amides is 3. The lowest BCUT2D eigenvalue weighted by Crippen LogP contribution is -2.59. The van der Waals surface area contributed by atoms with Gasteiger partial charge in [-0.2, -0.15) is 0 Å². The molecule has 1 atom stereocenters. The van der Waals surface area contributed by atoms with Crippen molar-refractivity contribution >= 4 is 23.4 Å². The maximum Gasteiger partial charge on any atom is 0.257 e. The molecule has 2 heterocycles. The first-order chi connectivity index (χ1) is 9.58. The minimum Gasteiger partial charge on any atom is -0.322 e. The summed E-state index contributed by atoms with van der Waals surface area (Å²) in [6.07, 6.45) is 3.27. The van der Waals surface area contributed by atoms with Crippen LogP contribution >= 0.6 is 0 Å². The topological polar surface area (TPSA) is 117 Å². The van der Waals surface area contributed by atoms with Crippen molar-refractivity contribution in [2.24, 2.45) is 5.84 Å². The standard InChI is InChI=1S/C12H15N5O3/c1-2-9-11(19)15-10(18)6-17(9)12(20)7-3-4-14-5-8(7)16-13/h3-5,9,16H,2,6,13H2,1H3,(H,15,18,19). The highest BCUT2D eigenvalue weighted by Gasteiger charge is 2.36. The van der Waals surface area contributed by atoms with E-state index in [4.69, 9.17) is 5.84 Å². The van der Waals surface area contributed by atoms with Crippen LogP contribution in [0.15, 0.2) is 18.5 Å². The molecule has 0 bridgehead atoms. The van der Waals surface area contributed by atoms with Crippen LogP contribution in [0.3, 0.4) is 0 Å². The van der Waals surface area contributed by atoms with Crippen LogP contribution in [0.25, 0.3) is 0 Å². The summed E-state index contributed by atoms with van der Waals surface area (Å²) >= 11 is 0. The van der Waals surface area contributed by atoms with Gasteiger partial charge in [0.25, 0.3) is 5.91 Å². The Morgan fingerprint density at radius 3 is 3.00 bits per heavy atom. The fraction of sp³-hybridized carbons (Fsp3) is 0.333. The van der Waals surface area contributed by atoms with Crippen LogP contribution in [0.5, 0.6) is 0 Å². The minimum absolute atomic E-state index is 0.157. The number of hydrazine groups is 1. The van der Waals surface area contributed by atoms with E-state index in [-0.39, 0.29) is 12.1 Å². The first-order valence-electron chi connectivity index (χ1n) is 6.13. The Morgan fingerprint density at radius 2 is 2.35 bits per heavy atom. The number of rotatable bonds is 3. The van der Waals surface area contributed by atoms with E-state index in [1.807, 2.05) is 0 Å². The van der Waals surface area contributed by atoms with Crippen molar-refractivity contribution in [3.8, 4) is 0 Å². The third kappa shape index (κ3) is 2.45. The third-order valence-electron chi connectivity index (χ3n) is 3.11. The maximum atomic E-state index is 12.5. The highest BCUT2D eigenvalue weighted by Crippen LogP contribution is 2.18.